The second kappa shape index (κ2) is 7.10. The highest BCUT2D eigenvalue weighted by Crippen LogP contribution is 2.20. The summed E-state index contributed by atoms with van der Waals surface area (Å²) in [5, 5.41) is 3.01. The number of nitrogens with one attached hydrogen (secondary N) is 2. The number of aryl methyl sites for hydroxylation is 1. The van der Waals surface area contributed by atoms with Crippen LogP contribution in [0.3, 0.4) is 0 Å². The molecule has 0 spiro atoms. The highest BCUT2D eigenvalue weighted by atomic mass is 19.1. The van der Waals surface area contributed by atoms with Crippen LogP contribution < -0.4 is 16.6 Å². The van der Waals surface area contributed by atoms with Crippen LogP contribution in [0.2, 0.25) is 0 Å². The van der Waals surface area contributed by atoms with E-state index in [4.69, 9.17) is 0 Å². The zero-order valence-electron chi connectivity index (χ0n) is 15.5. The molecule has 28 heavy (non-hydrogen) atoms. The van der Waals surface area contributed by atoms with Gasteiger partial charge < -0.3 is 14.9 Å². The normalized spacial score (nSPS) is 15.1. The molecule has 1 fully saturated rings. The Bertz CT molecular complexity index is 1150. The maximum Gasteiger partial charge on any atom is 0.333 e. The van der Waals surface area contributed by atoms with Crippen molar-refractivity contribution < 1.29 is 9.18 Å². The van der Waals surface area contributed by atoms with Crippen molar-refractivity contribution in [3.05, 3.63) is 62.7 Å². The molecule has 146 valence electrons. The van der Waals surface area contributed by atoms with Crippen LogP contribution >= 0.6 is 0 Å². The maximum atomic E-state index is 13.2. The van der Waals surface area contributed by atoms with Crippen molar-refractivity contribution in [2.45, 2.75) is 38.1 Å². The lowest BCUT2D eigenvalue weighted by Gasteiger charge is -2.22. The van der Waals surface area contributed by atoms with Gasteiger partial charge in [0.15, 0.2) is 0 Å². The van der Waals surface area contributed by atoms with Gasteiger partial charge in [-0.15, -0.1) is 0 Å². The summed E-state index contributed by atoms with van der Waals surface area (Å²) in [6, 6.07) is 5.19. The molecule has 2 N–H and O–H groups in total. The van der Waals surface area contributed by atoms with E-state index in [1.165, 1.54) is 35.3 Å². The summed E-state index contributed by atoms with van der Waals surface area (Å²) in [4.78, 5) is 41.0. The molecule has 0 radical (unpaired) electrons. The number of amides is 1. The van der Waals surface area contributed by atoms with Crippen molar-refractivity contribution in [3.8, 4) is 5.69 Å². The molecule has 1 aliphatic rings. The number of benzene rings is 1. The monoisotopic (exact) mass is 384 g/mol. The topological polar surface area (TPSA) is 88.9 Å². The minimum atomic E-state index is -0.679. The van der Waals surface area contributed by atoms with Gasteiger partial charge in [0.1, 0.15) is 11.3 Å². The largest absolute Gasteiger partial charge is 0.349 e. The van der Waals surface area contributed by atoms with E-state index in [1.807, 2.05) is 0 Å². The minimum Gasteiger partial charge on any atom is -0.349 e. The summed E-state index contributed by atoms with van der Waals surface area (Å²) in [5.74, 6) is -0.762. The second-order valence-corrected chi connectivity index (χ2v) is 7.23. The molecule has 0 bridgehead atoms. The predicted octanol–water partition coefficient (Wildman–Crippen LogP) is 2.22. The van der Waals surface area contributed by atoms with Gasteiger partial charge in [-0.2, -0.15) is 0 Å². The Hall–Kier alpha value is -3.16. The number of hydrogen-bond acceptors (Lipinski definition) is 3. The van der Waals surface area contributed by atoms with Gasteiger partial charge in [-0.05, 0) is 37.1 Å². The minimum absolute atomic E-state index is 0.114. The molecule has 0 unspecified atom stereocenters. The molecule has 0 saturated heterocycles. The number of fused-ring (bicyclic) bond motifs is 1. The molecule has 8 heteroatoms. The zero-order valence-corrected chi connectivity index (χ0v) is 15.5. The first kappa shape index (κ1) is 18.2. The van der Waals surface area contributed by atoms with E-state index in [0.29, 0.717) is 0 Å². The van der Waals surface area contributed by atoms with Crippen molar-refractivity contribution in [3.63, 3.8) is 0 Å². The first-order valence-electron chi connectivity index (χ1n) is 9.37. The van der Waals surface area contributed by atoms with E-state index in [9.17, 15) is 18.8 Å². The van der Waals surface area contributed by atoms with Crippen molar-refractivity contribution in [2.24, 2.45) is 7.05 Å². The Morgan fingerprint density at radius 3 is 2.50 bits per heavy atom. The quantitative estimate of drug-likeness (QED) is 0.726. The van der Waals surface area contributed by atoms with Crippen LogP contribution in [0.5, 0.6) is 0 Å². The van der Waals surface area contributed by atoms with Crippen molar-refractivity contribution in [1.82, 2.24) is 19.4 Å². The van der Waals surface area contributed by atoms with Crippen LogP contribution in [0.25, 0.3) is 16.7 Å². The lowest BCUT2D eigenvalue weighted by molar-refractivity contribution is 0.0929. The number of H-pyrrole nitrogens is 1. The predicted molar refractivity (Wildman–Crippen MR) is 103 cm³/mol. The summed E-state index contributed by atoms with van der Waals surface area (Å²) in [7, 11) is 1.65. The molecule has 3 aromatic rings. The fraction of sp³-hybridized carbons (Fsp3) is 0.350. The molecule has 7 nitrogen and oxygen atoms in total. The Kier molecular flexibility index (Phi) is 4.62. The summed E-state index contributed by atoms with van der Waals surface area (Å²) >= 11 is 0. The number of halogens is 1. The number of nitrogens with zero attached hydrogens (tertiary/aromatic N) is 2. The summed E-state index contributed by atoms with van der Waals surface area (Å²) in [6.45, 7) is 0. The van der Waals surface area contributed by atoms with Gasteiger partial charge in [0, 0.05) is 19.3 Å². The SMILES string of the molecule is Cn1cc(C(=O)NC2CCCCC2)c2[nH]c(=O)n(-c3ccc(F)cc3)c(=O)c21. The lowest BCUT2D eigenvalue weighted by Crippen LogP contribution is -2.37. The van der Waals surface area contributed by atoms with Gasteiger partial charge >= 0.3 is 5.69 Å². The number of carbonyl (C=O) groups excluding carboxylic acids is 1. The van der Waals surface area contributed by atoms with Crippen LogP contribution in [-0.2, 0) is 7.05 Å². The van der Waals surface area contributed by atoms with Gasteiger partial charge in [-0.1, -0.05) is 19.3 Å². The molecule has 4 rings (SSSR count). The third-order valence-corrected chi connectivity index (χ3v) is 5.29. The molecular formula is C20H21FN4O3. The van der Waals surface area contributed by atoms with Gasteiger partial charge in [-0.25, -0.2) is 13.8 Å². The zero-order chi connectivity index (χ0) is 19.8. The molecular weight excluding hydrogens is 363 g/mol. The molecule has 2 aromatic heterocycles. The molecule has 1 saturated carbocycles. The number of rotatable bonds is 3. The maximum absolute atomic E-state index is 13.2. The third kappa shape index (κ3) is 3.15. The van der Waals surface area contributed by atoms with Crippen LogP contribution in [-0.4, -0.2) is 26.1 Å². The number of carbonyl (C=O) groups is 1. The number of aromatic nitrogens is 3. The summed E-state index contributed by atoms with van der Waals surface area (Å²) in [6.07, 6.45) is 6.76. The Balaban J connectivity index is 1.79. The molecule has 1 aliphatic carbocycles. The van der Waals surface area contributed by atoms with Crippen LogP contribution in [0, 0.1) is 5.82 Å². The average molecular weight is 384 g/mol. The Morgan fingerprint density at radius 1 is 1.14 bits per heavy atom. The standard InChI is InChI=1S/C20H21FN4O3/c1-24-11-15(18(26)22-13-5-3-2-4-6-13)16-17(24)19(27)25(20(28)23-16)14-9-7-12(21)8-10-14/h7-11,13H,2-6H2,1H3,(H,22,26)(H,23,28). The summed E-state index contributed by atoms with van der Waals surface area (Å²) < 4.78 is 15.6. The summed E-state index contributed by atoms with van der Waals surface area (Å²) in [5.41, 5.74) is -0.305. The van der Waals surface area contributed by atoms with Crippen molar-refractivity contribution in [2.75, 3.05) is 0 Å². The van der Waals surface area contributed by atoms with Gasteiger partial charge in [0.25, 0.3) is 11.5 Å². The molecule has 1 amide bonds. The average Bonchev–Trinajstić information content (AvgIpc) is 3.00. The molecule has 1 aromatic carbocycles. The van der Waals surface area contributed by atoms with E-state index in [0.717, 1.165) is 30.3 Å². The van der Waals surface area contributed by atoms with Gasteiger partial charge in [0.2, 0.25) is 0 Å². The number of hydrogen-bond donors (Lipinski definition) is 2. The van der Waals surface area contributed by atoms with E-state index < -0.39 is 17.1 Å². The van der Waals surface area contributed by atoms with E-state index >= 15 is 0 Å². The highest BCUT2D eigenvalue weighted by molar-refractivity contribution is 6.05. The van der Waals surface area contributed by atoms with Crippen molar-refractivity contribution in [1.29, 1.82) is 0 Å². The highest BCUT2D eigenvalue weighted by Gasteiger charge is 2.22. The van der Waals surface area contributed by atoms with Crippen molar-refractivity contribution >= 4 is 16.9 Å². The van der Waals surface area contributed by atoms with E-state index in [1.54, 1.807) is 13.2 Å². The first-order chi connectivity index (χ1) is 13.5. The fourth-order valence-electron chi connectivity index (χ4n) is 3.88. The lowest BCUT2D eigenvalue weighted by atomic mass is 9.95. The third-order valence-electron chi connectivity index (χ3n) is 5.29. The Labute approximate surface area is 159 Å². The first-order valence-corrected chi connectivity index (χ1v) is 9.37. The molecule has 0 aliphatic heterocycles. The van der Waals surface area contributed by atoms with E-state index in [-0.39, 0.29) is 34.2 Å². The smallest absolute Gasteiger partial charge is 0.333 e. The van der Waals surface area contributed by atoms with E-state index in [2.05, 4.69) is 10.3 Å². The number of aromatic amines is 1. The Morgan fingerprint density at radius 2 is 1.82 bits per heavy atom. The van der Waals surface area contributed by atoms with Crippen LogP contribution in [0.4, 0.5) is 4.39 Å². The van der Waals surface area contributed by atoms with Gasteiger partial charge in [0.05, 0.1) is 16.8 Å². The fourth-order valence-corrected chi connectivity index (χ4v) is 3.88. The van der Waals surface area contributed by atoms with Crippen LogP contribution in [0.15, 0.2) is 40.1 Å². The molecule has 2 heterocycles. The second-order valence-electron chi connectivity index (χ2n) is 7.23. The van der Waals surface area contributed by atoms with Gasteiger partial charge in [-0.3, -0.25) is 9.59 Å². The molecule has 0 atom stereocenters. The van der Waals surface area contributed by atoms with Crippen LogP contribution in [0.1, 0.15) is 42.5 Å².